The summed E-state index contributed by atoms with van der Waals surface area (Å²) in [5.41, 5.74) is 1.29. The molecule has 172 valence electrons. The summed E-state index contributed by atoms with van der Waals surface area (Å²) in [4.78, 5) is 27.7. The summed E-state index contributed by atoms with van der Waals surface area (Å²) in [6.07, 6.45) is 2.98. The first-order chi connectivity index (χ1) is 16.1. The zero-order chi connectivity index (χ0) is 23.3. The Morgan fingerprint density at radius 3 is 2.33 bits per heavy atom. The average molecular weight is 468 g/mol. The molecular weight excluding hydrogens is 442 g/mol. The molecule has 0 unspecified atom stereocenters. The lowest BCUT2D eigenvalue weighted by Gasteiger charge is -2.09. The van der Waals surface area contributed by atoms with Gasteiger partial charge in [0, 0.05) is 17.8 Å². The van der Waals surface area contributed by atoms with Gasteiger partial charge in [0.2, 0.25) is 5.91 Å². The quantitative estimate of drug-likeness (QED) is 0.393. The third kappa shape index (κ3) is 8.82. The van der Waals surface area contributed by atoms with Crippen molar-refractivity contribution in [1.82, 2.24) is 15.6 Å². The highest BCUT2D eigenvalue weighted by Gasteiger charge is 2.09. The molecule has 8 heteroatoms. The zero-order valence-corrected chi connectivity index (χ0v) is 18.9. The van der Waals surface area contributed by atoms with Crippen molar-refractivity contribution in [2.24, 2.45) is 0 Å². The number of amides is 2. The number of hydrogen-bond acceptors (Lipinski definition) is 5. The third-order valence-electron chi connectivity index (χ3n) is 4.60. The van der Waals surface area contributed by atoms with E-state index in [1.807, 2.05) is 54.6 Å². The zero-order valence-electron chi connectivity index (χ0n) is 18.1. The van der Waals surface area contributed by atoms with Crippen molar-refractivity contribution < 1.29 is 19.1 Å². The van der Waals surface area contributed by atoms with Crippen LogP contribution in [0.1, 0.15) is 28.9 Å². The summed E-state index contributed by atoms with van der Waals surface area (Å²) in [6.45, 7) is 1.44. The van der Waals surface area contributed by atoms with Crippen molar-refractivity contribution in [1.29, 1.82) is 0 Å². The maximum atomic E-state index is 11.9. The number of carbonyl (C=O) groups excluding carboxylic acids is 2. The monoisotopic (exact) mass is 467 g/mol. The van der Waals surface area contributed by atoms with E-state index < -0.39 is 5.91 Å². The number of aromatic nitrogens is 1. The largest absolute Gasteiger partial charge is 0.494 e. The summed E-state index contributed by atoms with van der Waals surface area (Å²) in [6, 6.07) is 20.5. The van der Waals surface area contributed by atoms with Gasteiger partial charge in [-0.2, -0.15) is 0 Å². The van der Waals surface area contributed by atoms with E-state index in [9.17, 15) is 9.59 Å². The van der Waals surface area contributed by atoms with Crippen LogP contribution in [0.3, 0.4) is 0 Å². The van der Waals surface area contributed by atoms with E-state index in [1.54, 1.807) is 6.07 Å². The normalized spacial score (nSPS) is 10.3. The molecule has 0 atom stereocenters. The fourth-order valence-corrected chi connectivity index (χ4v) is 3.02. The predicted molar refractivity (Wildman–Crippen MR) is 127 cm³/mol. The molecule has 0 aliphatic heterocycles. The Balaban J connectivity index is 1.24. The summed E-state index contributed by atoms with van der Waals surface area (Å²) in [5.74, 6) is 0.838. The van der Waals surface area contributed by atoms with E-state index >= 15 is 0 Å². The van der Waals surface area contributed by atoms with Crippen molar-refractivity contribution in [3.8, 4) is 11.5 Å². The highest BCUT2D eigenvalue weighted by atomic mass is 35.5. The second-order valence-electron chi connectivity index (χ2n) is 7.19. The van der Waals surface area contributed by atoms with Crippen molar-refractivity contribution in [2.45, 2.75) is 19.4 Å². The molecule has 2 amide bonds. The maximum absolute atomic E-state index is 11.9. The topological polar surface area (TPSA) is 89.6 Å². The van der Waals surface area contributed by atoms with Crippen LogP contribution in [0.25, 0.3) is 0 Å². The molecule has 0 aliphatic carbocycles. The number of carbonyl (C=O) groups is 2. The Morgan fingerprint density at radius 2 is 1.61 bits per heavy atom. The number of hydrogen-bond donors (Lipinski definition) is 2. The van der Waals surface area contributed by atoms with Crippen molar-refractivity contribution in [3.05, 3.63) is 89.2 Å². The van der Waals surface area contributed by atoms with E-state index in [-0.39, 0.29) is 18.1 Å². The molecule has 2 aromatic carbocycles. The van der Waals surface area contributed by atoms with Gasteiger partial charge in [-0.05, 0) is 54.8 Å². The summed E-state index contributed by atoms with van der Waals surface area (Å²) >= 11 is 5.83. The van der Waals surface area contributed by atoms with Gasteiger partial charge < -0.3 is 20.1 Å². The van der Waals surface area contributed by atoms with E-state index in [0.29, 0.717) is 24.8 Å². The first-order valence-corrected chi connectivity index (χ1v) is 11.0. The second-order valence-corrected chi connectivity index (χ2v) is 7.63. The minimum absolute atomic E-state index is 0.123. The smallest absolute Gasteiger partial charge is 0.270 e. The minimum Gasteiger partial charge on any atom is -0.494 e. The summed E-state index contributed by atoms with van der Waals surface area (Å²) in [5, 5.41) is 5.69. The van der Waals surface area contributed by atoms with Gasteiger partial charge in [-0.25, -0.2) is 0 Å². The fraction of sp³-hybridized carbons (Fsp3) is 0.240. The third-order valence-corrected chi connectivity index (χ3v) is 4.83. The van der Waals surface area contributed by atoms with Crippen LogP contribution in [0.5, 0.6) is 11.5 Å². The van der Waals surface area contributed by atoms with Crippen LogP contribution in [0, 0.1) is 0 Å². The Bertz CT molecular complexity index is 1030. The van der Waals surface area contributed by atoms with E-state index in [0.717, 1.165) is 29.9 Å². The lowest BCUT2D eigenvalue weighted by atomic mass is 10.2. The molecule has 2 N–H and O–H groups in total. The molecule has 0 spiro atoms. The predicted octanol–water partition coefficient (Wildman–Crippen LogP) is 4.02. The van der Waals surface area contributed by atoms with Gasteiger partial charge in [0.1, 0.15) is 23.8 Å². The first kappa shape index (κ1) is 24.1. The number of benzene rings is 2. The van der Waals surface area contributed by atoms with Crippen LogP contribution in [0.4, 0.5) is 0 Å². The molecule has 0 saturated carbocycles. The van der Waals surface area contributed by atoms with Crippen LogP contribution < -0.4 is 20.1 Å². The molecule has 0 fully saturated rings. The second kappa shape index (κ2) is 13.1. The number of nitrogens with zero attached hydrogens (tertiary/aromatic N) is 1. The lowest BCUT2D eigenvalue weighted by molar-refractivity contribution is -0.120. The fourth-order valence-electron chi connectivity index (χ4n) is 2.86. The van der Waals surface area contributed by atoms with Gasteiger partial charge in [0.25, 0.3) is 5.91 Å². The number of pyridine rings is 1. The summed E-state index contributed by atoms with van der Waals surface area (Å²) < 4.78 is 11.5. The van der Waals surface area contributed by atoms with Crippen molar-refractivity contribution in [3.63, 3.8) is 0 Å². The molecule has 7 nitrogen and oxygen atoms in total. The SMILES string of the molecule is O=C(CNC(=O)c1cc(Cl)ccn1)NCCCCOc1ccc(OCc2ccccc2)cc1. The Labute approximate surface area is 198 Å². The molecule has 33 heavy (non-hydrogen) atoms. The molecule has 0 aliphatic rings. The number of halogens is 1. The highest BCUT2D eigenvalue weighted by Crippen LogP contribution is 2.19. The van der Waals surface area contributed by atoms with Gasteiger partial charge in [0.05, 0.1) is 13.2 Å². The number of ether oxygens (including phenoxy) is 2. The highest BCUT2D eigenvalue weighted by molar-refractivity contribution is 6.30. The minimum atomic E-state index is -0.447. The van der Waals surface area contributed by atoms with Crippen molar-refractivity contribution >= 4 is 23.4 Å². The van der Waals surface area contributed by atoms with Crippen LogP contribution >= 0.6 is 11.6 Å². The molecule has 1 heterocycles. The van der Waals surface area contributed by atoms with Crippen LogP contribution in [-0.4, -0.2) is 36.5 Å². The Kier molecular flexibility index (Phi) is 9.54. The van der Waals surface area contributed by atoms with Gasteiger partial charge in [0.15, 0.2) is 0 Å². The van der Waals surface area contributed by atoms with Gasteiger partial charge in [-0.15, -0.1) is 0 Å². The molecular formula is C25H26ClN3O4. The van der Waals surface area contributed by atoms with Gasteiger partial charge >= 0.3 is 0 Å². The van der Waals surface area contributed by atoms with Crippen LogP contribution in [-0.2, 0) is 11.4 Å². The van der Waals surface area contributed by atoms with Gasteiger partial charge in [-0.3, -0.25) is 14.6 Å². The van der Waals surface area contributed by atoms with Gasteiger partial charge in [-0.1, -0.05) is 41.9 Å². The van der Waals surface area contributed by atoms with Crippen molar-refractivity contribution in [2.75, 3.05) is 19.7 Å². The number of rotatable bonds is 12. The van der Waals surface area contributed by atoms with E-state index in [4.69, 9.17) is 21.1 Å². The molecule has 3 rings (SSSR count). The molecule has 1 aromatic heterocycles. The summed E-state index contributed by atoms with van der Waals surface area (Å²) in [7, 11) is 0. The lowest BCUT2D eigenvalue weighted by Crippen LogP contribution is -2.37. The van der Waals surface area contributed by atoms with Crippen LogP contribution in [0.2, 0.25) is 5.02 Å². The first-order valence-electron chi connectivity index (χ1n) is 10.7. The average Bonchev–Trinajstić information content (AvgIpc) is 2.84. The molecule has 0 radical (unpaired) electrons. The van der Waals surface area contributed by atoms with Crippen LogP contribution in [0.15, 0.2) is 72.9 Å². The van der Waals surface area contributed by atoms with E-state index in [1.165, 1.54) is 12.3 Å². The molecule has 0 saturated heterocycles. The molecule has 0 bridgehead atoms. The Morgan fingerprint density at radius 1 is 0.879 bits per heavy atom. The number of nitrogens with one attached hydrogen (secondary N) is 2. The van der Waals surface area contributed by atoms with E-state index in [2.05, 4.69) is 15.6 Å². The standard InChI is InChI=1S/C25H26ClN3O4/c26-20-12-14-27-23(16-20)25(31)29-17-24(30)28-13-4-5-15-32-21-8-10-22(11-9-21)33-18-19-6-2-1-3-7-19/h1-3,6-12,14,16H,4-5,13,15,17-18H2,(H,28,30)(H,29,31). The maximum Gasteiger partial charge on any atom is 0.270 e. The molecule has 3 aromatic rings. The Hall–Kier alpha value is -3.58. The number of unbranched alkanes of at least 4 members (excludes halogenated alkanes) is 1.